The normalized spacial score (nSPS) is 18.6. The van der Waals surface area contributed by atoms with Crippen LogP contribution in [0.3, 0.4) is 0 Å². The fraction of sp³-hybridized carbons (Fsp3) is 0.381. The molecule has 1 heterocycles. The predicted octanol–water partition coefficient (Wildman–Crippen LogP) is 4.40. The van der Waals surface area contributed by atoms with Crippen LogP contribution in [-0.4, -0.2) is 36.8 Å². The molecular weight excluding hydrogens is 426 g/mol. The van der Waals surface area contributed by atoms with E-state index in [1.807, 2.05) is 30.3 Å². The molecule has 0 radical (unpaired) electrons. The summed E-state index contributed by atoms with van der Waals surface area (Å²) in [6, 6.07) is 15.2. The summed E-state index contributed by atoms with van der Waals surface area (Å²) >= 11 is 3.44. The maximum Gasteiger partial charge on any atom is 0.255 e. The SMILES string of the molecule is CC(C)c1ccc(CN(C(=O)c2ccccc2Br)C2CCS(=O)(=O)C2)cc1. The Balaban J connectivity index is 1.90. The van der Waals surface area contributed by atoms with Crippen molar-refractivity contribution in [3.8, 4) is 0 Å². The number of carbonyl (C=O) groups excluding carboxylic acids is 1. The first-order valence-corrected chi connectivity index (χ1v) is 11.7. The summed E-state index contributed by atoms with van der Waals surface area (Å²) in [5.74, 6) is 0.478. The van der Waals surface area contributed by atoms with Crippen LogP contribution in [-0.2, 0) is 16.4 Å². The van der Waals surface area contributed by atoms with Crippen LogP contribution in [0.5, 0.6) is 0 Å². The van der Waals surface area contributed by atoms with Crippen molar-refractivity contribution in [1.82, 2.24) is 4.90 Å². The molecule has 1 atom stereocenters. The Labute approximate surface area is 169 Å². The third-order valence-electron chi connectivity index (χ3n) is 5.01. The average molecular weight is 450 g/mol. The summed E-state index contributed by atoms with van der Waals surface area (Å²) in [6.45, 7) is 4.68. The number of amides is 1. The molecule has 1 amide bonds. The van der Waals surface area contributed by atoms with Gasteiger partial charge in [-0.3, -0.25) is 4.79 Å². The lowest BCUT2D eigenvalue weighted by Crippen LogP contribution is -2.40. The van der Waals surface area contributed by atoms with Crippen molar-refractivity contribution < 1.29 is 13.2 Å². The van der Waals surface area contributed by atoms with E-state index in [1.54, 1.807) is 11.0 Å². The van der Waals surface area contributed by atoms with Gasteiger partial charge in [0, 0.05) is 17.1 Å². The lowest BCUT2D eigenvalue weighted by Gasteiger charge is -2.29. The molecule has 1 aliphatic rings. The van der Waals surface area contributed by atoms with Gasteiger partial charge in [0.2, 0.25) is 0 Å². The maximum absolute atomic E-state index is 13.2. The second-order valence-corrected chi connectivity index (χ2v) is 10.4. The second-order valence-electron chi connectivity index (χ2n) is 7.37. The number of sulfone groups is 1. The topological polar surface area (TPSA) is 54.5 Å². The van der Waals surface area contributed by atoms with E-state index < -0.39 is 9.84 Å². The van der Waals surface area contributed by atoms with E-state index in [1.165, 1.54) is 5.56 Å². The fourth-order valence-electron chi connectivity index (χ4n) is 3.38. The molecule has 144 valence electrons. The van der Waals surface area contributed by atoms with Crippen LogP contribution in [0.15, 0.2) is 53.0 Å². The summed E-state index contributed by atoms with van der Waals surface area (Å²) < 4.78 is 24.7. The minimum atomic E-state index is -3.08. The zero-order chi connectivity index (χ0) is 19.6. The quantitative estimate of drug-likeness (QED) is 0.679. The van der Waals surface area contributed by atoms with Crippen LogP contribution in [0.2, 0.25) is 0 Å². The van der Waals surface area contributed by atoms with Gasteiger partial charge in [-0.25, -0.2) is 8.42 Å². The highest BCUT2D eigenvalue weighted by Crippen LogP contribution is 2.26. The van der Waals surface area contributed by atoms with E-state index in [9.17, 15) is 13.2 Å². The first-order chi connectivity index (χ1) is 12.8. The van der Waals surface area contributed by atoms with Gasteiger partial charge in [-0.1, -0.05) is 50.2 Å². The standard InChI is InChI=1S/C21H24BrNO3S/c1-15(2)17-9-7-16(8-10-17)13-23(18-11-12-27(25,26)14-18)21(24)19-5-3-4-6-20(19)22/h3-10,15,18H,11-14H2,1-2H3. The van der Waals surface area contributed by atoms with Crippen LogP contribution in [0.1, 0.15) is 47.7 Å². The Morgan fingerprint density at radius 3 is 2.37 bits per heavy atom. The second kappa shape index (κ2) is 8.15. The van der Waals surface area contributed by atoms with Gasteiger partial charge < -0.3 is 4.90 Å². The maximum atomic E-state index is 13.2. The molecular formula is C21H24BrNO3S. The van der Waals surface area contributed by atoms with E-state index in [4.69, 9.17) is 0 Å². The summed E-state index contributed by atoms with van der Waals surface area (Å²) in [5, 5.41) is 0. The molecule has 27 heavy (non-hydrogen) atoms. The van der Waals surface area contributed by atoms with E-state index >= 15 is 0 Å². The molecule has 1 aliphatic heterocycles. The van der Waals surface area contributed by atoms with Gasteiger partial charge in [-0.15, -0.1) is 0 Å². The van der Waals surface area contributed by atoms with Crippen LogP contribution in [0, 0.1) is 0 Å². The minimum Gasteiger partial charge on any atom is -0.330 e. The van der Waals surface area contributed by atoms with Crippen molar-refractivity contribution in [3.05, 3.63) is 69.7 Å². The van der Waals surface area contributed by atoms with Crippen LogP contribution in [0.4, 0.5) is 0 Å². The van der Waals surface area contributed by atoms with Crippen molar-refractivity contribution in [3.63, 3.8) is 0 Å². The zero-order valence-corrected chi connectivity index (χ0v) is 18.0. The molecule has 0 N–H and O–H groups in total. The van der Waals surface area contributed by atoms with Crippen LogP contribution in [0.25, 0.3) is 0 Å². The van der Waals surface area contributed by atoms with Crippen LogP contribution >= 0.6 is 15.9 Å². The Bertz CT molecular complexity index is 923. The predicted molar refractivity (Wildman–Crippen MR) is 112 cm³/mol. The molecule has 3 rings (SSSR count). The molecule has 0 saturated carbocycles. The monoisotopic (exact) mass is 449 g/mol. The molecule has 1 saturated heterocycles. The third kappa shape index (κ3) is 4.79. The fourth-order valence-corrected chi connectivity index (χ4v) is 5.57. The van der Waals surface area contributed by atoms with Gasteiger partial charge in [0.15, 0.2) is 9.84 Å². The molecule has 2 aromatic rings. The molecule has 0 bridgehead atoms. The smallest absolute Gasteiger partial charge is 0.255 e. The summed E-state index contributed by atoms with van der Waals surface area (Å²) in [7, 11) is -3.08. The Hall–Kier alpha value is -1.66. The highest BCUT2D eigenvalue weighted by Gasteiger charge is 2.35. The number of benzene rings is 2. The first kappa shape index (κ1) is 20.1. The van der Waals surface area contributed by atoms with Gasteiger partial charge in [0.25, 0.3) is 5.91 Å². The highest BCUT2D eigenvalue weighted by atomic mass is 79.9. The van der Waals surface area contributed by atoms with Crippen molar-refractivity contribution >= 4 is 31.7 Å². The third-order valence-corrected chi connectivity index (χ3v) is 7.46. The lowest BCUT2D eigenvalue weighted by molar-refractivity contribution is 0.0680. The lowest BCUT2D eigenvalue weighted by atomic mass is 10.0. The largest absolute Gasteiger partial charge is 0.330 e. The summed E-state index contributed by atoms with van der Waals surface area (Å²) in [5.41, 5.74) is 2.80. The van der Waals surface area contributed by atoms with Crippen molar-refractivity contribution in [1.29, 1.82) is 0 Å². The summed E-state index contributed by atoms with van der Waals surface area (Å²) in [6.07, 6.45) is 0.489. The molecule has 1 unspecified atom stereocenters. The molecule has 1 fully saturated rings. The molecule has 4 nitrogen and oxygen atoms in total. The average Bonchev–Trinajstić information content (AvgIpc) is 2.99. The Morgan fingerprint density at radius 2 is 1.81 bits per heavy atom. The number of nitrogens with zero attached hydrogens (tertiary/aromatic N) is 1. The van der Waals surface area contributed by atoms with Gasteiger partial charge in [0.05, 0.1) is 17.1 Å². The van der Waals surface area contributed by atoms with Crippen molar-refractivity contribution in [2.75, 3.05) is 11.5 Å². The Kier molecular flexibility index (Phi) is 6.06. The Morgan fingerprint density at radius 1 is 1.15 bits per heavy atom. The van der Waals surface area contributed by atoms with E-state index in [-0.39, 0.29) is 23.5 Å². The van der Waals surface area contributed by atoms with Gasteiger partial charge in [-0.05, 0) is 51.5 Å². The highest BCUT2D eigenvalue weighted by molar-refractivity contribution is 9.10. The van der Waals surface area contributed by atoms with Gasteiger partial charge in [0.1, 0.15) is 0 Å². The van der Waals surface area contributed by atoms with E-state index in [0.29, 0.717) is 24.4 Å². The number of halogens is 1. The van der Waals surface area contributed by atoms with Gasteiger partial charge >= 0.3 is 0 Å². The molecule has 0 aromatic heterocycles. The zero-order valence-electron chi connectivity index (χ0n) is 15.6. The molecule has 6 heteroatoms. The number of hydrogen-bond donors (Lipinski definition) is 0. The minimum absolute atomic E-state index is 0.0350. The summed E-state index contributed by atoms with van der Waals surface area (Å²) in [4.78, 5) is 15.0. The molecule has 2 aromatic carbocycles. The van der Waals surface area contributed by atoms with Gasteiger partial charge in [-0.2, -0.15) is 0 Å². The number of carbonyl (C=O) groups is 1. The van der Waals surface area contributed by atoms with E-state index in [2.05, 4.69) is 41.9 Å². The van der Waals surface area contributed by atoms with Crippen molar-refractivity contribution in [2.45, 2.75) is 38.8 Å². The number of hydrogen-bond acceptors (Lipinski definition) is 3. The molecule has 0 aliphatic carbocycles. The van der Waals surface area contributed by atoms with E-state index in [0.717, 1.165) is 10.0 Å². The molecule has 0 spiro atoms. The first-order valence-electron chi connectivity index (χ1n) is 9.11. The van der Waals surface area contributed by atoms with Crippen molar-refractivity contribution in [2.24, 2.45) is 0 Å². The number of rotatable bonds is 5. The van der Waals surface area contributed by atoms with Crippen LogP contribution < -0.4 is 0 Å².